The summed E-state index contributed by atoms with van der Waals surface area (Å²) >= 11 is 6.44. The fraction of sp³-hybridized carbons (Fsp3) is 0.257. The average Bonchev–Trinajstić information content (AvgIpc) is 3.04. The second kappa shape index (κ2) is 15.6. The molecule has 0 heterocycles. The molecule has 4 aromatic rings. The molecule has 236 valence electrons. The van der Waals surface area contributed by atoms with Gasteiger partial charge in [-0.3, -0.25) is 13.9 Å². The van der Waals surface area contributed by atoms with E-state index in [1.54, 1.807) is 67.6 Å². The van der Waals surface area contributed by atoms with E-state index in [1.807, 2.05) is 44.2 Å². The van der Waals surface area contributed by atoms with Crippen molar-refractivity contribution in [1.29, 1.82) is 0 Å². The van der Waals surface area contributed by atoms with Gasteiger partial charge in [0.1, 0.15) is 24.1 Å². The second-order valence-electron chi connectivity index (χ2n) is 10.7. The average molecular weight is 648 g/mol. The van der Waals surface area contributed by atoms with Crippen molar-refractivity contribution in [3.8, 4) is 11.5 Å². The number of hydrogen-bond donors (Lipinski definition) is 1. The van der Waals surface area contributed by atoms with Gasteiger partial charge in [0.15, 0.2) is 0 Å². The van der Waals surface area contributed by atoms with Gasteiger partial charge in [0.25, 0.3) is 10.0 Å². The molecule has 0 bridgehead atoms. The predicted molar refractivity (Wildman–Crippen MR) is 178 cm³/mol. The highest BCUT2D eigenvalue weighted by Crippen LogP contribution is 2.29. The third kappa shape index (κ3) is 8.86. The van der Waals surface area contributed by atoms with Crippen LogP contribution in [0.2, 0.25) is 5.02 Å². The van der Waals surface area contributed by atoms with E-state index in [0.717, 1.165) is 22.7 Å². The van der Waals surface area contributed by atoms with Gasteiger partial charge in [-0.15, -0.1) is 0 Å². The lowest BCUT2D eigenvalue weighted by molar-refractivity contribution is -0.139. The predicted octanol–water partition coefficient (Wildman–Crippen LogP) is 6.97. The highest BCUT2D eigenvalue weighted by molar-refractivity contribution is 7.92. The Balaban J connectivity index is 1.69. The molecule has 0 aliphatic carbocycles. The monoisotopic (exact) mass is 647 g/mol. The number of anilines is 1. The maximum absolute atomic E-state index is 14.1. The first-order valence-corrected chi connectivity index (χ1v) is 16.6. The summed E-state index contributed by atoms with van der Waals surface area (Å²) in [4.78, 5) is 28.7. The SMILES string of the molecule is CCCCNC(=O)C(C)N(Cc1ccccc1Cl)C(=O)CN(c1ccc(Oc2ccccc2)cc1)S(=O)(=O)c1ccc(C)cc1. The van der Waals surface area contributed by atoms with Crippen LogP contribution in [0, 0.1) is 6.92 Å². The topological polar surface area (TPSA) is 96.0 Å². The number of nitrogens with one attached hydrogen (secondary N) is 1. The minimum atomic E-state index is -4.20. The van der Waals surface area contributed by atoms with Crippen LogP contribution < -0.4 is 14.4 Å². The van der Waals surface area contributed by atoms with Crippen LogP contribution in [-0.4, -0.2) is 44.3 Å². The van der Waals surface area contributed by atoms with E-state index in [-0.39, 0.29) is 23.0 Å². The number of sulfonamides is 1. The summed E-state index contributed by atoms with van der Waals surface area (Å²) in [5.41, 5.74) is 1.80. The van der Waals surface area contributed by atoms with E-state index in [0.29, 0.717) is 28.6 Å². The van der Waals surface area contributed by atoms with Crippen LogP contribution in [0.5, 0.6) is 11.5 Å². The largest absolute Gasteiger partial charge is 0.457 e. The van der Waals surface area contributed by atoms with E-state index in [4.69, 9.17) is 16.3 Å². The number of unbranched alkanes of at least 4 members (excludes halogenated alkanes) is 1. The fourth-order valence-electron chi connectivity index (χ4n) is 4.60. The minimum absolute atomic E-state index is 0.0170. The molecule has 0 saturated heterocycles. The Morgan fingerprint density at radius 1 is 0.867 bits per heavy atom. The van der Waals surface area contributed by atoms with Gasteiger partial charge >= 0.3 is 0 Å². The number of carbonyl (C=O) groups is 2. The zero-order valence-electron chi connectivity index (χ0n) is 25.6. The molecule has 0 aliphatic rings. The van der Waals surface area contributed by atoms with Gasteiger partial charge in [0.05, 0.1) is 10.6 Å². The maximum atomic E-state index is 14.1. The lowest BCUT2D eigenvalue weighted by Crippen LogP contribution is -2.51. The normalized spacial score (nSPS) is 11.8. The Hall–Kier alpha value is -4.34. The Labute approximate surface area is 270 Å². The van der Waals surface area contributed by atoms with Crippen LogP contribution >= 0.6 is 11.6 Å². The number of para-hydroxylation sites is 1. The smallest absolute Gasteiger partial charge is 0.264 e. The molecule has 0 radical (unpaired) electrons. The van der Waals surface area contributed by atoms with Crippen molar-refractivity contribution >= 4 is 39.1 Å². The van der Waals surface area contributed by atoms with Crippen molar-refractivity contribution in [2.75, 3.05) is 17.4 Å². The summed E-state index contributed by atoms with van der Waals surface area (Å²) in [5.74, 6) is 0.236. The van der Waals surface area contributed by atoms with Crippen LogP contribution in [0.15, 0.2) is 108 Å². The van der Waals surface area contributed by atoms with Crippen molar-refractivity contribution in [2.45, 2.75) is 51.1 Å². The molecule has 10 heteroatoms. The molecule has 0 fully saturated rings. The van der Waals surface area contributed by atoms with Crippen LogP contribution in [0.1, 0.15) is 37.8 Å². The van der Waals surface area contributed by atoms with Gasteiger partial charge < -0.3 is 15.0 Å². The highest BCUT2D eigenvalue weighted by atomic mass is 35.5. The van der Waals surface area contributed by atoms with Crippen LogP contribution in [0.4, 0.5) is 5.69 Å². The molecule has 0 aliphatic heterocycles. The zero-order valence-corrected chi connectivity index (χ0v) is 27.2. The quantitative estimate of drug-likeness (QED) is 0.149. The molecule has 1 unspecified atom stereocenters. The maximum Gasteiger partial charge on any atom is 0.264 e. The summed E-state index contributed by atoms with van der Waals surface area (Å²) in [5, 5.41) is 3.32. The molecule has 8 nitrogen and oxygen atoms in total. The van der Waals surface area contributed by atoms with Crippen molar-refractivity contribution in [3.63, 3.8) is 0 Å². The summed E-state index contributed by atoms with van der Waals surface area (Å²) in [6.45, 7) is 5.45. The van der Waals surface area contributed by atoms with E-state index in [2.05, 4.69) is 5.32 Å². The molecular formula is C35H38ClN3O5S. The van der Waals surface area contributed by atoms with Crippen molar-refractivity contribution < 1.29 is 22.7 Å². The summed E-state index contributed by atoms with van der Waals surface area (Å²) < 4.78 is 35.1. The molecular weight excluding hydrogens is 610 g/mol. The number of aryl methyl sites for hydroxylation is 1. The van der Waals surface area contributed by atoms with Gasteiger partial charge in [0.2, 0.25) is 11.8 Å². The number of benzene rings is 4. The Morgan fingerprint density at radius 3 is 2.13 bits per heavy atom. The number of hydrogen-bond acceptors (Lipinski definition) is 5. The second-order valence-corrected chi connectivity index (χ2v) is 12.9. The summed E-state index contributed by atoms with van der Waals surface area (Å²) in [6.07, 6.45) is 1.70. The van der Waals surface area contributed by atoms with Crippen LogP contribution in [0.3, 0.4) is 0 Å². The standard InChI is InChI=1S/C35H38ClN3O5S/c1-4-5-23-37-35(41)27(3)38(24-28-11-9-10-14-33(28)36)34(40)25-39(45(42,43)32-21-15-26(2)16-22-32)29-17-19-31(20-18-29)44-30-12-7-6-8-13-30/h6-22,27H,4-5,23-25H2,1-3H3,(H,37,41). The number of halogens is 1. The lowest BCUT2D eigenvalue weighted by atomic mass is 10.1. The molecule has 45 heavy (non-hydrogen) atoms. The van der Waals surface area contributed by atoms with E-state index < -0.39 is 28.5 Å². The number of carbonyl (C=O) groups excluding carboxylic acids is 2. The summed E-state index contributed by atoms with van der Waals surface area (Å²) in [7, 11) is -4.20. The van der Waals surface area contributed by atoms with Crippen LogP contribution in [-0.2, 0) is 26.2 Å². The van der Waals surface area contributed by atoms with E-state index >= 15 is 0 Å². The Bertz CT molecular complexity index is 1680. The fourth-order valence-corrected chi connectivity index (χ4v) is 6.21. The van der Waals surface area contributed by atoms with Gasteiger partial charge in [-0.25, -0.2) is 8.42 Å². The molecule has 0 aromatic heterocycles. The number of ether oxygens (including phenoxy) is 1. The van der Waals surface area contributed by atoms with Gasteiger partial charge in [0, 0.05) is 18.1 Å². The van der Waals surface area contributed by atoms with Gasteiger partial charge in [-0.1, -0.05) is 79.0 Å². The molecule has 0 saturated carbocycles. The molecule has 1 atom stereocenters. The van der Waals surface area contributed by atoms with Crippen molar-refractivity contribution in [1.82, 2.24) is 10.2 Å². The molecule has 4 rings (SSSR count). The third-order valence-electron chi connectivity index (χ3n) is 7.29. The van der Waals surface area contributed by atoms with Crippen molar-refractivity contribution in [3.05, 3.63) is 119 Å². The van der Waals surface area contributed by atoms with E-state index in [1.165, 1.54) is 17.0 Å². The molecule has 1 N–H and O–H groups in total. The molecule has 4 aromatic carbocycles. The molecule has 0 spiro atoms. The number of nitrogens with zero attached hydrogens (tertiary/aromatic N) is 2. The van der Waals surface area contributed by atoms with Crippen molar-refractivity contribution in [2.24, 2.45) is 0 Å². The lowest BCUT2D eigenvalue weighted by Gasteiger charge is -2.32. The molecule has 2 amide bonds. The zero-order chi connectivity index (χ0) is 32.4. The Kier molecular flexibility index (Phi) is 11.6. The first kappa shape index (κ1) is 33.6. The first-order valence-electron chi connectivity index (χ1n) is 14.8. The van der Waals surface area contributed by atoms with Crippen LogP contribution in [0.25, 0.3) is 0 Å². The Morgan fingerprint density at radius 2 is 1.49 bits per heavy atom. The minimum Gasteiger partial charge on any atom is -0.457 e. The number of amides is 2. The highest BCUT2D eigenvalue weighted by Gasteiger charge is 2.32. The number of rotatable bonds is 14. The van der Waals surface area contributed by atoms with Gasteiger partial charge in [-0.05, 0) is 80.4 Å². The third-order valence-corrected chi connectivity index (χ3v) is 9.44. The van der Waals surface area contributed by atoms with Gasteiger partial charge in [-0.2, -0.15) is 0 Å². The summed E-state index contributed by atoms with van der Waals surface area (Å²) in [6, 6.07) is 28.3. The first-order chi connectivity index (χ1) is 21.6. The van der Waals surface area contributed by atoms with E-state index in [9.17, 15) is 18.0 Å².